The summed E-state index contributed by atoms with van der Waals surface area (Å²) in [5.74, 6) is -0.200. The Morgan fingerprint density at radius 3 is 2.93 bits per heavy atom. The van der Waals surface area contributed by atoms with Gasteiger partial charge in [-0.1, -0.05) is 5.16 Å². The summed E-state index contributed by atoms with van der Waals surface area (Å²) in [4.78, 5) is 11.5. The highest BCUT2D eigenvalue weighted by Crippen LogP contribution is 2.04. The molecular formula is C9H15N3O3. The van der Waals surface area contributed by atoms with E-state index >= 15 is 0 Å². The molecule has 0 aliphatic carbocycles. The molecule has 84 valence electrons. The molecule has 0 aliphatic heterocycles. The predicted octanol–water partition coefficient (Wildman–Crippen LogP) is -0.579. The van der Waals surface area contributed by atoms with Crippen molar-refractivity contribution in [1.29, 1.82) is 0 Å². The molecule has 1 aromatic heterocycles. The number of nitrogens with two attached hydrogens (primary N) is 1. The molecule has 0 aliphatic rings. The Kier molecular flexibility index (Phi) is 3.81. The van der Waals surface area contributed by atoms with Crippen molar-refractivity contribution in [3.05, 3.63) is 17.5 Å². The maximum Gasteiger partial charge on any atom is 0.290 e. The van der Waals surface area contributed by atoms with E-state index in [1.807, 2.05) is 0 Å². The number of aromatic nitrogens is 1. The quantitative estimate of drug-likeness (QED) is 0.621. The van der Waals surface area contributed by atoms with Crippen molar-refractivity contribution in [2.24, 2.45) is 5.73 Å². The lowest BCUT2D eigenvalue weighted by Gasteiger charge is -2.14. The molecule has 2 unspecified atom stereocenters. The van der Waals surface area contributed by atoms with Gasteiger partial charge in [0.2, 0.25) is 5.76 Å². The summed E-state index contributed by atoms with van der Waals surface area (Å²) in [6.07, 6.45) is 0.796. The average Bonchev–Trinajstić information content (AvgIpc) is 2.60. The Bertz CT molecular complexity index is 335. The minimum absolute atomic E-state index is 0.174. The number of hydrogen-bond acceptors (Lipinski definition) is 5. The number of aliphatic hydroxyl groups is 1. The van der Waals surface area contributed by atoms with Gasteiger partial charge in [0, 0.05) is 18.2 Å². The first-order chi connectivity index (χ1) is 7.02. The van der Waals surface area contributed by atoms with E-state index in [1.165, 1.54) is 6.20 Å². The van der Waals surface area contributed by atoms with Gasteiger partial charge in [0.1, 0.15) is 0 Å². The molecule has 4 N–H and O–H groups in total. The van der Waals surface area contributed by atoms with Gasteiger partial charge in [0.05, 0.1) is 12.3 Å². The first-order valence-electron chi connectivity index (χ1n) is 4.65. The SMILES string of the molecule is Cc1cnoc1C(=O)NCC(N)C(C)O. The Labute approximate surface area is 87.4 Å². The fourth-order valence-electron chi connectivity index (χ4n) is 0.971. The van der Waals surface area contributed by atoms with Crippen LogP contribution in [0.5, 0.6) is 0 Å². The number of aryl methyl sites for hydroxylation is 1. The van der Waals surface area contributed by atoms with Crippen molar-refractivity contribution in [3.8, 4) is 0 Å². The highest BCUT2D eigenvalue weighted by Gasteiger charge is 2.16. The van der Waals surface area contributed by atoms with Gasteiger partial charge in [-0.15, -0.1) is 0 Å². The lowest BCUT2D eigenvalue weighted by Crippen LogP contribution is -2.43. The molecule has 6 nitrogen and oxygen atoms in total. The van der Waals surface area contributed by atoms with Crippen LogP contribution in [0.3, 0.4) is 0 Å². The van der Waals surface area contributed by atoms with Gasteiger partial charge in [-0.05, 0) is 13.8 Å². The van der Waals surface area contributed by atoms with Gasteiger partial charge in [-0.25, -0.2) is 0 Å². The normalized spacial score (nSPS) is 14.7. The van der Waals surface area contributed by atoms with Gasteiger partial charge >= 0.3 is 0 Å². The zero-order chi connectivity index (χ0) is 11.4. The Hall–Kier alpha value is -1.40. The van der Waals surface area contributed by atoms with Crippen LogP contribution >= 0.6 is 0 Å². The standard InChI is InChI=1S/C9H15N3O3/c1-5-3-12-15-8(5)9(14)11-4-7(10)6(2)13/h3,6-7,13H,4,10H2,1-2H3,(H,11,14). The fourth-order valence-corrected chi connectivity index (χ4v) is 0.971. The van der Waals surface area contributed by atoms with Crippen LogP contribution in [0.4, 0.5) is 0 Å². The zero-order valence-electron chi connectivity index (χ0n) is 8.73. The van der Waals surface area contributed by atoms with Crippen molar-refractivity contribution in [1.82, 2.24) is 10.5 Å². The largest absolute Gasteiger partial charge is 0.392 e. The predicted molar refractivity (Wildman–Crippen MR) is 53.2 cm³/mol. The third-order valence-electron chi connectivity index (χ3n) is 2.07. The number of nitrogens with zero attached hydrogens (tertiary/aromatic N) is 1. The molecule has 0 saturated carbocycles. The van der Waals surface area contributed by atoms with Gasteiger partial charge in [-0.2, -0.15) is 0 Å². The average molecular weight is 213 g/mol. The van der Waals surface area contributed by atoms with E-state index < -0.39 is 12.1 Å². The Morgan fingerprint density at radius 2 is 2.47 bits per heavy atom. The number of amides is 1. The second-order valence-corrected chi connectivity index (χ2v) is 3.45. The van der Waals surface area contributed by atoms with Crippen molar-refractivity contribution in [3.63, 3.8) is 0 Å². The van der Waals surface area contributed by atoms with Gasteiger partial charge < -0.3 is 20.7 Å². The summed E-state index contributed by atoms with van der Waals surface area (Å²) in [6, 6.07) is -0.489. The molecule has 0 spiro atoms. The third kappa shape index (κ3) is 3.03. The first-order valence-corrected chi connectivity index (χ1v) is 4.65. The molecule has 2 atom stereocenters. The van der Waals surface area contributed by atoms with Crippen molar-refractivity contribution >= 4 is 5.91 Å². The van der Waals surface area contributed by atoms with Crippen LogP contribution in [0, 0.1) is 6.92 Å². The fraction of sp³-hybridized carbons (Fsp3) is 0.556. The van der Waals surface area contributed by atoms with E-state index in [2.05, 4.69) is 10.5 Å². The van der Waals surface area contributed by atoms with E-state index in [4.69, 9.17) is 15.4 Å². The molecule has 1 rings (SSSR count). The van der Waals surface area contributed by atoms with Crippen LogP contribution in [-0.4, -0.2) is 34.9 Å². The third-order valence-corrected chi connectivity index (χ3v) is 2.07. The highest BCUT2D eigenvalue weighted by molar-refractivity contribution is 5.92. The van der Waals surface area contributed by atoms with E-state index in [0.29, 0.717) is 5.56 Å². The molecule has 6 heteroatoms. The maximum atomic E-state index is 11.5. The first kappa shape index (κ1) is 11.7. The summed E-state index contributed by atoms with van der Waals surface area (Å²) >= 11 is 0. The summed E-state index contributed by atoms with van der Waals surface area (Å²) in [5, 5.41) is 15.1. The van der Waals surface area contributed by atoms with Crippen LogP contribution in [0.25, 0.3) is 0 Å². The minimum atomic E-state index is -0.666. The lowest BCUT2D eigenvalue weighted by molar-refractivity contribution is 0.0900. The van der Waals surface area contributed by atoms with Gasteiger partial charge in [0.25, 0.3) is 5.91 Å². The summed E-state index contributed by atoms with van der Waals surface area (Å²) in [7, 11) is 0. The number of rotatable bonds is 4. The number of nitrogens with one attached hydrogen (secondary N) is 1. The van der Waals surface area contributed by atoms with Crippen LogP contribution in [0.15, 0.2) is 10.7 Å². The number of aliphatic hydroxyl groups excluding tert-OH is 1. The molecule has 0 bridgehead atoms. The molecule has 15 heavy (non-hydrogen) atoms. The van der Waals surface area contributed by atoms with E-state index in [0.717, 1.165) is 0 Å². The van der Waals surface area contributed by atoms with Crippen LogP contribution in [0.1, 0.15) is 23.0 Å². The van der Waals surface area contributed by atoms with Crippen molar-refractivity contribution in [2.75, 3.05) is 6.54 Å². The van der Waals surface area contributed by atoms with Crippen LogP contribution in [-0.2, 0) is 0 Å². The maximum absolute atomic E-state index is 11.5. The van der Waals surface area contributed by atoms with Crippen molar-refractivity contribution < 1.29 is 14.4 Å². The van der Waals surface area contributed by atoms with Gasteiger partial charge in [0.15, 0.2) is 0 Å². The highest BCUT2D eigenvalue weighted by atomic mass is 16.5. The van der Waals surface area contributed by atoms with E-state index in [-0.39, 0.29) is 18.2 Å². The second kappa shape index (κ2) is 4.90. The summed E-state index contributed by atoms with van der Waals surface area (Å²) in [5.41, 5.74) is 6.21. The molecule has 1 heterocycles. The minimum Gasteiger partial charge on any atom is -0.392 e. The zero-order valence-corrected chi connectivity index (χ0v) is 8.73. The number of hydrogen-bond donors (Lipinski definition) is 3. The molecular weight excluding hydrogens is 198 g/mol. The molecule has 1 amide bonds. The van der Waals surface area contributed by atoms with E-state index in [9.17, 15) is 4.79 Å². The molecule has 0 fully saturated rings. The summed E-state index contributed by atoms with van der Waals surface area (Å²) < 4.78 is 4.75. The smallest absolute Gasteiger partial charge is 0.290 e. The number of carbonyl (C=O) groups excluding carboxylic acids is 1. The van der Waals surface area contributed by atoms with Crippen LogP contribution < -0.4 is 11.1 Å². The number of carbonyl (C=O) groups is 1. The second-order valence-electron chi connectivity index (χ2n) is 3.45. The van der Waals surface area contributed by atoms with Crippen LogP contribution in [0.2, 0.25) is 0 Å². The molecule has 0 saturated heterocycles. The Balaban J connectivity index is 2.47. The topological polar surface area (TPSA) is 101 Å². The Morgan fingerprint density at radius 1 is 1.80 bits per heavy atom. The lowest BCUT2D eigenvalue weighted by atomic mass is 10.2. The summed E-state index contributed by atoms with van der Waals surface area (Å²) in [6.45, 7) is 3.48. The molecule has 1 aromatic rings. The molecule has 0 aromatic carbocycles. The van der Waals surface area contributed by atoms with Crippen molar-refractivity contribution in [2.45, 2.75) is 26.0 Å². The van der Waals surface area contributed by atoms with Gasteiger partial charge in [-0.3, -0.25) is 4.79 Å². The monoisotopic (exact) mass is 213 g/mol. The molecule has 0 radical (unpaired) electrons. The van der Waals surface area contributed by atoms with E-state index in [1.54, 1.807) is 13.8 Å².